The number of hydrogen-bond donors (Lipinski definition) is 1. The maximum atomic E-state index is 7.87. The monoisotopic (exact) mass is 896 g/mol. The maximum Gasteiger partial charge on any atom is 0.0479 e. The van der Waals surface area contributed by atoms with Gasteiger partial charge in [-0.25, -0.2) is 0 Å². The standard InChI is InChI=1S/C27H32ClN.C20H27N.C7H6BrCl/c1-19-16-22(28)18-25(17-19)29(23-12-8-20(9-13-23)26(2,3)4)24-14-10-21(11-15-24)27(5,6)7;1-19(2,3)15-7-11-17(12-8-15)21-18-13-9-16(10-14-18)20(4,5)6;1-5-2-6(8)4-7(9)3-5/h8-18H,1-7H3;7-14,21H,1-6H3;2-4H,1H3/i1D3;;1D3. The van der Waals surface area contributed by atoms with Crippen LogP contribution in [0.4, 0.5) is 28.4 Å². The summed E-state index contributed by atoms with van der Waals surface area (Å²) in [4.78, 5) is 2.06. The van der Waals surface area contributed by atoms with Crippen molar-refractivity contribution in [1.82, 2.24) is 0 Å². The van der Waals surface area contributed by atoms with Gasteiger partial charge in [-0.15, -0.1) is 0 Å². The highest BCUT2D eigenvalue weighted by molar-refractivity contribution is 9.10. The first kappa shape index (κ1) is 39.1. The fraction of sp³-hybridized carbons (Fsp3) is 0.333. The molecule has 0 spiro atoms. The van der Waals surface area contributed by atoms with E-state index in [1.54, 1.807) is 18.2 Å². The quantitative estimate of drug-likeness (QED) is 0.185. The molecule has 0 aliphatic carbocycles. The molecule has 1 N–H and O–H groups in total. The molecule has 6 aromatic rings. The van der Waals surface area contributed by atoms with Gasteiger partial charge in [0.1, 0.15) is 0 Å². The molecular formula is C54H65BrCl2N2. The van der Waals surface area contributed by atoms with Crippen molar-refractivity contribution in [2.75, 3.05) is 10.2 Å². The van der Waals surface area contributed by atoms with Gasteiger partial charge in [0.25, 0.3) is 0 Å². The zero-order valence-corrected chi connectivity index (χ0v) is 39.9. The third-order valence-electron chi connectivity index (χ3n) is 9.78. The summed E-state index contributed by atoms with van der Waals surface area (Å²) in [5, 5.41) is 4.29. The molecule has 0 saturated carbocycles. The van der Waals surface area contributed by atoms with Gasteiger partial charge in [-0.1, -0.05) is 171 Å². The van der Waals surface area contributed by atoms with Crippen molar-refractivity contribution in [3.8, 4) is 0 Å². The molecule has 6 rings (SSSR count). The largest absolute Gasteiger partial charge is 0.356 e. The Labute approximate surface area is 384 Å². The lowest BCUT2D eigenvalue weighted by Crippen LogP contribution is -2.14. The molecule has 0 aliphatic heterocycles. The van der Waals surface area contributed by atoms with Crippen LogP contribution >= 0.6 is 39.1 Å². The van der Waals surface area contributed by atoms with E-state index in [0.29, 0.717) is 14.5 Å². The summed E-state index contributed by atoms with van der Waals surface area (Å²) in [6.45, 7) is 22.2. The van der Waals surface area contributed by atoms with E-state index in [1.165, 1.54) is 34.4 Å². The zero-order chi connectivity index (χ0) is 48.9. The maximum absolute atomic E-state index is 7.87. The molecule has 0 radical (unpaired) electrons. The lowest BCUT2D eigenvalue weighted by Gasteiger charge is -2.28. The molecule has 2 nitrogen and oxygen atoms in total. The number of benzene rings is 6. The molecule has 0 amide bonds. The molecule has 0 unspecified atom stereocenters. The highest BCUT2D eigenvalue weighted by Crippen LogP contribution is 2.38. The summed E-state index contributed by atoms with van der Waals surface area (Å²) < 4.78 is 45.6. The number of nitrogens with one attached hydrogen (secondary N) is 1. The second kappa shape index (κ2) is 19.6. The minimum Gasteiger partial charge on any atom is -0.356 e. The van der Waals surface area contributed by atoms with Crippen molar-refractivity contribution in [3.63, 3.8) is 0 Å². The third kappa shape index (κ3) is 14.6. The van der Waals surface area contributed by atoms with Gasteiger partial charge in [-0.2, -0.15) is 0 Å². The summed E-state index contributed by atoms with van der Waals surface area (Å²) in [5.74, 6) is 0. The van der Waals surface area contributed by atoms with Crippen molar-refractivity contribution in [3.05, 3.63) is 181 Å². The summed E-state index contributed by atoms with van der Waals surface area (Å²) in [7, 11) is 0. The molecule has 0 heterocycles. The van der Waals surface area contributed by atoms with Gasteiger partial charge in [-0.3, -0.25) is 0 Å². The zero-order valence-electron chi connectivity index (χ0n) is 42.8. The van der Waals surface area contributed by atoms with Crippen molar-refractivity contribution in [2.24, 2.45) is 0 Å². The van der Waals surface area contributed by atoms with E-state index in [1.807, 2.05) is 6.07 Å². The Morgan fingerprint density at radius 2 is 0.746 bits per heavy atom. The number of hydrogen-bond acceptors (Lipinski definition) is 2. The van der Waals surface area contributed by atoms with E-state index in [2.05, 4.69) is 206 Å². The van der Waals surface area contributed by atoms with Gasteiger partial charge in [0.05, 0.1) is 0 Å². The van der Waals surface area contributed by atoms with Crippen molar-refractivity contribution in [1.29, 1.82) is 0 Å². The Bertz CT molecular complexity index is 2340. The Hall–Kier alpha value is -4.02. The Morgan fingerprint density at radius 3 is 1.07 bits per heavy atom. The average molecular weight is 899 g/mol. The molecule has 5 heteroatoms. The molecule has 0 atom stereocenters. The van der Waals surface area contributed by atoms with Gasteiger partial charge in [0.2, 0.25) is 0 Å². The van der Waals surface area contributed by atoms with Crippen LogP contribution in [0.3, 0.4) is 0 Å². The van der Waals surface area contributed by atoms with Crippen molar-refractivity contribution < 1.29 is 8.22 Å². The second-order valence-corrected chi connectivity index (χ2v) is 20.9. The van der Waals surface area contributed by atoms with E-state index in [0.717, 1.165) is 28.4 Å². The van der Waals surface area contributed by atoms with Crippen LogP contribution in [-0.4, -0.2) is 0 Å². The Morgan fingerprint density at radius 1 is 0.424 bits per heavy atom. The SMILES string of the molecule is CC(C)(C)c1ccc(Nc2ccc(C(C)(C)C)cc2)cc1.[2H]C([2H])([2H])c1cc(Cl)cc(Br)c1.[2H]C([2H])([2H])c1cc(Cl)cc(N(c2ccc(C(C)(C)C)cc2)c2ccc(C(C)(C)C)cc2)c1. The molecule has 0 aromatic heterocycles. The minimum atomic E-state index is -2.24. The van der Waals surface area contributed by atoms with Crippen LogP contribution in [0.25, 0.3) is 0 Å². The van der Waals surface area contributed by atoms with Gasteiger partial charge in [0.15, 0.2) is 0 Å². The van der Waals surface area contributed by atoms with E-state index >= 15 is 0 Å². The highest BCUT2D eigenvalue weighted by Gasteiger charge is 2.19. The number of nitrogens with zero attached hydrogens (tertiary/aromatic N) is 1. The van der Waals surface area contributed by atoms with Crippen LogP contribution in [0, 0.1) is 13.7 Å². The minimum absolute atomic E-state index is 0.0439. The fourth-order valence-corrected chi connectivity index (χ4v) is 7.29. The van der Waals surface area contributed by atoms with Crippen LogP contribution < -0.4 is 10.2 Å². The molecule has 0 aliphatic rings. The molecular weight excluding hydrogens is 827 g/mol. The highest BCUT2D eigenvalue weighted by atomic mass is 79.9. The fourth-order valence-electron chi connectivity index (χ4n) is 6.20. The van der Waals surface area contributed by atoms with Crippen LogP contribution in [0.15, 0.2) is 138 Å². The smallest absolute Gasteiger partial charge is 0.0479 e. The van der Waals surface area contributed by atoms with Crippen molar-refractivity contribution in [2.45, 2.75) is 118 Å². The van der Waals surface area contributed by atoms with Gasteiger partial charge in [-0.05, 0) is 154 Å². The first-order valence-corrected chi connectivity index (χ1v) is 21.5. The van der Waals surface area contributed by atoms with E-state index in [9.17, 15) is 0 Å². The van der Waals surface area contributed by atoms with Crippen molar-refractivity contribution >= 4 is 67.6 Å². The molecule has 0 fully saturated rings. The van der Waals surface area contributed by atoms with Crippen LogP contribution in [0.5, 0.6) is 0 Å². The third-order valence-corrected chi connectivity index (χ3v) is 10.7. The normalized spacial score (nSPS) is 13.7. The summed E-state index contributed by atoms with van der Waals surface area (Å²) >= 11 is 15.2. The first-order chi connectivity index (χ1) is 29.7. The Kier molecular flexibility index (Phi) is 13.0. The predicted molar refractivity (Wildman–Crippen MR) is 266 cm³/mol. The number of aryl methyl sites for hydroxylation is 2. The molecule has 0 bridgehead atoms. The van der Waals surface area contributed by atoms with Crippen LogP contribution in [0.1, 0.15) is 125 Å². The second-order valence-electron chi connectivity index (χ2n) is 19.1. The molecule has 312 valence electrons. The topological polar surface area (TPSA) is 15.3 Å². The molecule has 0 saturated heterocycles. The first-order valence-electron chi connectivity index (χ1n) is 23.0. The average Bonchev–Trinajstić information content (AvgIpc) is 3.17. The summed E-state index contributed by atoms with van der Waals surface area (Å²) in [6.07, 6.45) is 0. The molecule has 59 heavy (non-hydrogen) atoms. The van der Waals surface area contributed by atoms with E-state index < -0.39 is 13.7 Å². The summed E-state index contributed by atoms with van der Waals surface area (Å²) in [5.41, 5.74) is 11.0. The summed E-state index contributed by atoms with van der Waals surface area (Å²) in [6, 6.07) is 43.9. The van der Waals surface area contributed by atoms with Crippen LogP contribution in [-0.2, 0) is 21.7 Å². The van der Waals surface area contributed by atoms with E-state index in [4.69, 9.17) is 31.4 Å². The van der Waals surface area contributed by atoms with Gasteiger partial charge < -0.3 is 10.2 Å². The van der Waals surface area contributed by atoms with E-state index in [-0.39, 0.29) is 32.8 Å². The molecule has 6 aromatic carbocycles. The van der Waals surface area contributed by atoms with Gasteiger partial charge in [0, 0.05) is 51.2 Å². The van der Waals surface area contributed by atoms with Gasteiger partial charge >= 0.3 is 0 Å². The predicted octanol–water partition coefficient (Wildman–Crippen LogP) is 18.1. The number of anilines is 5. The lowest BCUT2D eigenvalue weighted by molar-refractivity contribution is 0.590. The Balaban J connectivity index is 0.000000239. The number of rotatable bonds is 5. The van der Waals surface area contributed by atoms with Crippen LogP contribution in [0.2, 0.25) is 10.0 Å². The lowest BCUT2D eigenvalue weighted by atomic mass is 9.86. The number of halogens is 3.